The predicted octanol–water partition coefficient (Wildman–Crippen LogP) is 4.03. The van der Waals surface area contributed by atoms with Gasteiger partial charge in [0.1, 0.15) is 0 Å². The lowest BCUT2D eigenvalue weighted by molar-refractivity contribution is -0.384. The summed E-state index contributed by atoms with van der Waals surface area (Å²) in [6.45, 7) is 4.17. The maximum atomic E-state index is 10.7. The van der Waals surface area contributed by atoms with Crippen molar-refractivity contribution in [3.63, 3.8) is 0 Å². The van der Waals surface area contributed by atoms with E-state index in [1.54, 1.807) is 12.1 Å². The van der Waals surface area contributed by atoms with E-state index in [1.165, 1.54) is 6.07 Å². The van der Waals surface area contributed by atoms with Crippen LogP contribution in [0.1, 0.15) is 25.5 Å². The smallest absolute Gasteiger partial charge is 0.258 e. The van der Waals surface area contributed by atoms with Crippen LogP contribution in [0, 0.1) is 10.1 Å². The lowest BCUT2D eigenvalue weighted by atomic mass is 10.0. The highest BCUT2D eigenvalue weighted by atomic mass is 79.9. The van der Waals surface area contributed by atoms with Gasteiger partial charge >= 0.3 is 0 Å². The molecule has 2 rings (SSSR count). The van der Waals surface area contributed by atoms with Gasteiger partial charge < -0.3 is 0 Å². The lowest BCUT2D eigenvalue weighted by Gasteiger charge is -2.13. The third-order valence-electron chi connectivity index (χ3n) is 3.06. The molecule has 1 heterocycles. The van der Waals surface area contributed by atoms with Crippen LogP contribution < -0.4 is 0 Å². The van der Waals surface area contributed by atoms with E-state index >= 15 is 0 Å². The molecule has 2 unspecified atom stereocenters. The van der Waals surface area contributed by atoms with Crippen LogP contribution in [0.15, 0.2) is 30.3 Å². The molecule has 94 valence electrons. The maximum absolute atomic E-state index is 10.7. The summed E-state index contributed by atoms with van der Waals surface area (Å²) in [5.74, 6) is 0.296. The molecule has 0 radical (unpaired) electrons. The van der Waals surface area contributed by atoms with Crippen LogP contribution in [0.3, 0.4) is 0 Å². The average Bonchev–Trinajstić information content (AvgIpc) is 2.36. The van der Waals surface area contributed by atoms with Crippen molar-refractivity contribution in [1.29, 1.82) is 0 Å². The molecular weight excluding hydrogens is 296 g/mol. The van der Waals surface area contributed by atoms with E-state index in [1.807, 2.05) is 12.1 Å². The van der Waals surface area contributed by atoms with Crippen LogP contribution >= 0.6 is 15.9 Å². The van der Waals surface area contributed by atoms with Gasteiger partial charge in [-0.3, -0.25) is 15.1 Å². The molecule has 0 aliphatic heterocycles. The predicted molar refractivity (Wildman–Crippen MR) is 75.2 cm³/mol. The first-order chi connectivity index (χ1) is 8.49. The highest BCUT2D eigenvalue weighted by Gasteiger charge is 2.14. The van der Waals surface area contributed by atoms with Gasteiger partial charge in [0.25, 0.3) is 5.69 Å². The zero-order valence-electron chi connectivity index (χ0n) is 10.1. The van der Waals surface area contributed by atoms with Gasteiger partial charge in [-0.2, -0.15) is 0 Å². The van der Waals surface area contributed by atoms with Crippen LogP contribution in [-0.2, 0) is 0 Å². The van der Waals surface area contributed by atoms with Crippen molar-refractivity contribution >= 4 is 32.5 Å². The first kappa shape index (κ1) is 13.0. The molecule has 5 heteroatoms. The Bertz CT molecular complexity index is 599. The molecule has 0 amide bonds. The number of hydrogen-bond donors (Lipinski definition) is 0. The second kappa shape index (κ2) is 5.02. The molecule has 0 fully saturated rings. The van der Waals surface area contributed by atoms with Crippen molar-refractivity contribution in [3.8, 4) is 0 Å². The number of benzene rings is 1. The summed E-state index contributed by atoms with van der Waals surface area (Å²) in [5, 5.41) is 11.5. The van der Waals surface area contributed by atoms with E-state index < -0.39 is 4.92 Å². The molecule has 18 heavy (non-hydrogen) atoms. The second-order valence-corrected chi connectivity index (χ2v) is 5.78. The van der Waals surface area contributed by atoms with Gasteiger partial charge in [0.2, 0.25) is 0 Å². The Morgan fingerprint density at radius 1 is 1.28 bits per heavy atom. The van der Waals surface area contributed by atoms with Gasteiger partial charge in [-0.1, -0.05) is 35.8 Å². The Morgan fingerprint density at radius 2 is 2.00 bits per heavy atom. The largest absolute Gasteiger partial charge is 0.270 e. The number of pyridine rings is 1. The number of fused-ring (bicyclic) bond motifs is 1. The highest BCUT2D eigenvalue weighted by Crippen LogP contribution is 2.26. The first-order valence-electron chi connectivity index (χ1n) is 5.68. The first-order valence-corrected chi connectivity index (χ1v) is 6.60. The molecule has 0 saturated carbocycles. The standard InChI is InChI=1S/C13H13BrN2O2/c1-8(9(2)14)12-5-3-10-7-11(16(17)18)4-6-13(10)15-12/h3-9H,1-2H3. The molecule has 0 N–H and O–H groups in total. The van der Waals surface area contributed by atoms with Gasteiger partial charge in [-0.05, 0) is 12.1 Å². The number of rotatable bonds is 3. The molecule has 0 aliphatic carbocycles. The number of nitro groups is 1. The fraction of sp³-hybridized carbons (Fsp3) is 0.308. The number of non-ortho nitro benzene ring substituents is 1. The summed E-state index contributed by atoms with van der Waals surface area (Å²) in [7, 11) is 0. The molecule has 1 aromatic heterocycles. The van der Waals surface area contributed by atoms with E-state index in [-0.39, 0.29) is 5.69 Å². The van der Waals surface area contributed by atoms with E-state index in [9.17, 15) is 10.1 Å². The van der Waals surface area contributed by atoms with Crippen LogP contribution in [-0.4, -0.2) is 14.7 Å². The van der Waals surface area contributed by atoms with Gasteiger partial charge in [-0.15, -0.1) is 0 Å². The summed E-state index contributed by atoms with van der Waals surface area (Å²) in [4.78, 5) is 15.2. The zero-order chi connectivity index (χ0) is 13.3. The fourth-order valence-corrected chi connectivity index (χ4v) is 2.00. The Kier molecular flexibility index (Phi) is 3.61. The van der Waals surface area contributed by atoms with Crippen molar-refractivity contribution in [2.75, 3.05) is 0 Å². The zero-order valence-corrected chi connectivity index (χ0v) is 11.7. The van der Waals surface area contributed by atoms with Crippen molar-refractivity contribution in [1.82, 2.24) is 4.98 Å². The Morgan fingerprint density at radius 3 is 2.61 bits per heavy atom. The summed E-state index contributed by atoms with van der Waals surface area (Å²) < 4.78 is 0. The Balaban J connectivity index is 2.47. The topological polar surface area (TPSA) is 56.0 Å². The van der Waals surface area contributed by atoms with Crippen molar-refractivity contribution in [2.45, 2.75) is 24.6 Å². The third-order valence-corrected chi connectivity index (χ3v) is 3.85. The highest BCUT2D eigenvalue weighted by molar-refractivity contribution is 9.09. The normalized spacial score (nSPS) is 14.4. The number of nitro benzene ring substituents is 1. The average molecular weight is 309 g/mol. The fourth-order valence-electron chi connectivity index (χ4n) is 1.73. The maximum Gasteiger partial charge on any atom is 0.270 e. The molecule has 0 spiro atoms. The molecule has 0 aliphatic rings. The van der Waals surface area contributed by atoms with Gasteiger partial charge in [0, 0.05) is 34.0 Å². The van der Waals surface area contributed by atoms with Crippen LogP contribution in [0.25, 0.3) is 10.9 Å². The van der Waals surface area contributed by atoms with Gasteiger partial charge in [0.05, 0.1) is 10.4 Å². The minimum atomic E-state index is -0.392. The van der Waals surface area contributed by atoms with Crippen LogP contribution in [0.2, 0.25) is 0 Å². The van der Waals surface area contributed by atoms with Crippen LogP contribution in [0.4, 0.5) is 5.69 Å². The number of aromatic nitrogens is 1. The van der Waals surface area contributed by atoms with Crippen molar-refractivity contribution in [2.24, 2.45) is 0 Å². The van der Waals surface area contributed by atoms with E-state index in [0.717, 1.165) is 16.6 Å². The Hall–Kier alpha value is -1.49. The second-order valence-electron chi connectivity index (χ2n) is 4.34. The molecular formula is C13H13BrN2O2. The van der Waals surface area contributed by atoms with Crippen molar-refractivity contribution < 1.29 is 4.92 Å². The SMILES string of the molecule is CC(Br)C(C)c1ccc2cc([N+](=O)[O-])ccc2n1. The number of hydrogen-bond acceptors (Lipinski definition) is 3. The third kappa shape index (κ3) is 2.51. The monoisotopic (exact) mass is 308 g/mol. The molecule has 4 nitrogen and oxygen atoms in total. The molecule has 2 atom stereocenters. The molecule has 0 bridgehead atoms. The van der Waals surface area contributed by atoms with Crippen molar-refractivity contribution in [3.05, 3.63) is 46.1 Å². The summed E-state index contributed by atoms with van der Waals surface area (Å²) in [5.41, 5.74) is 1.87. The van der Waals surface area contributed by atoms with E-state index in [0.29, 0.717) is 10.7 Å². The number of alkyl halides is 1. The molecule has 1 aromatic carbocycles. The van der Waals surface area contributed by atoms with E-state index in [4.69, 9.17) is 0 Å². The molecule has 2 aromatic rings. The Labute approximate surface area is 113 Å². The number of halogens is 1. The molecule has 0 saturated heterocycles. The quantitative estimate of drug-likeness (QED) is 0.488. The van der Waals surface area contributed by atoms with E-state index in [2.05, 4.69) is 34.8 Å². The van der Waals surface area contributed by atoms with Gasteiger partial charge in [-0.25, -0.2) is 0 Å². The lowest BCUT2D eigenvalue weighted by Crippen LogP contribution is -2.06. The summed E-state index contributed by atoms with van der Waals surface area (Å²) in [6.07, 6.45) is 0. The number of nitrogens with zero attached hydrogens (tertiary/aromatic N) is 2. The van der Waals surface area contributed by atoms with Gasteiger partial charge in [0.15, 0.2) is 0 Å². The summed E-state index contributed by atoms with van der Waals surface area (Å²) in [6, 6.07) is 8.54. The summed E-state index contributed by atoms with van der Waals surface area (Å²) >= 11 is 3.54. The minimum Gasteiger partial charge on any atom is -0.258 e. The van der Waals surface area contributed by atoms with Crippen LogP contribution in [0.5, 0.6) is 0 Å². The minimum absolute atomic E-state index is 0.0963.